The third-order valence-corrected chi connectivity index (χ3v) is 4.48. The SMILES string of the molecule is COC(=O)c1ccoc1CN1CCN(CC(=O)Nc2ccc(F)cc2)CC1. The zero-order chi connectivity index (χ0) is 19.2. The van der Waals surface area contributed by atoms with E-state index >= 15 is 0 Å². The second kappa shape index (κ2) is 8.79. The number of anilines is 1. The molecule has 0 unspecified atom stereocenters. The summed E-state index contributed by atoms with van der Waals surface area (Å²) in [4.78, 5) is 28.1. The van der Waals surface area contributed by atoms with Gasteiger partial charge in [-0.3, -0.25) is 14.6 Å². The Labute approximate surface area is 156 Å². The maximum atomic E-state index is 12.9. The van der Waals surface area contributed by atoms with Gasteiger partial charge < -0.3 is 14.5 Å². The fourth-order valence-corrected chi connectivity index (χ4v) is 3.00. The number of rotatable bonds is 6. The smallest absolute Gasteiger partial charge is 0.341 e. The summed E-state index contributed by atoms with van der Waals surface area (Å²) in [7, 11) is 1.34. The van der Waals surface area contributed by atoms with Gasteiger partial charge in [0.2, 0.25) is 5.91 Å². The molecule has 1 aromatic heterocycles. The van der Waals surface area contributed by atoms with Crippen LogP contribution in [0, 0.1) is 5.82 Å². The number of carbonyl (C=O) groups is 2. The van der Waals surface area contributed by atoms with Crippen LogP contribution in [-0.2, 0) is 16.1 Å². The Morgan fingerprint density at radius 1 is 1.11 bits per heavy atom. The maximum Gasteiger partial charge on any atom is 0.341 e. The van der Waals surface area contributed by atoms with E-state index in [1.807, 2.05) is 0 Å². The molecule has 1 aliphatic rings. The summed E-state index contributed by atoms with van der Waals surface area (Å²) < 4.78 is 23.1. The highest BCUT2D eigenvalue weighted by Crippen LogP contribution is 2.16. The van der Waals surface area contributed by atoms with Gasteiger partial charge in [0, 0.05) is 31.9 Å². The van der Waals surface area contributed by atoms with Crippen LogP contribution in [0.4, 0.5) is 10.1 Å². The number of nitrogens with zero attached hydrogens (tertiary/aromatic N) is 2. The van der Waals surface area contributed by atoms with Gasteiger partial charge in [0.15, 0.2) is 0 Å². The minimum absolute atomic E-state index is 0.130. The first-order valence-electron chi connectivity index (χ1n) is 8.70. The highest BCUT2D eigenvalue weighted by atomic mass is 19.1. The molecule has 8 heteroatoms. The van der Waals surface area contributed by atoms with E-state index in [9.17, 15) is 14.0 Å². The van der Waals surface area contributed by atoms with Gasteiger partial charge in [-0.25, -0.2) is 9.18 Å². The number of ether oxygens (including phenoxy) is 1. The van der Waals surface area contributed by atoms with Crippen LogP contribution < -0.4 is 5.32 Å². The van der Waals surface area contributed by atoms with Crippen molar-refractivity contribution < 1.29 is 23.1 Å². The number of amides is 1. The van der Waals surface area contributed by atoms with Crippen molar-refractivity contribution in [2.45, 2.75) is 6.54 Å². The lowest BCUT2D eigenvalue weighted by molar-refractivity contribution is -0.117. The van der Waals surface area contributed by atoms with Gasteiger partial charge in [0.1, 0.15) is 17.1 Å². The van der Waals surface area contributed by atoms with E-state index in [4.69, 9.17) is 9.15 Å². The molecule has 1 aliphatic heterocycles. The van der Waals surface area contributed by atoms with Gasteiger partial charge in [-0.15, -0.1) is 0 Å². The fourth-order valence-electron chi connectivity index (χ4n) is 3.00. The summed E-state index contributed by atoms with van der Waals surface area (Å²) in [5.41, 5.74) is 1.02. The number of hydrogen-bond donors (Lipinski definition) is 1. The average molecular weight is 375 g/mol. The van der Waals surface area contributed by atoms with Crippen LogP contribution >= 0.6 is 0 Å². The second-order valence-corrected chi connectivity index (χ2v) is 6.36. The topological polar surface area (TPSA) is 75.0 Å². The largest absolute Gasteiger partial charge is 0.467 e. The van der Waals surface area contributed by atoms with Crippen molar-refractivity contribution in [1.82, 2.24) is 9.80 Å². The molecule has 0 radical (unpaired) electrons. The number of carbonyl (C=O) groups excluding carboxylic acids is 2. The van der Waals surface area contributed by atoms with Crippen LogP contribution in [-0.4, -0.2) is 61.5 Å². The molecule has 0 aliphatic carbocycles. The van der Waals surface area contributed by atoms with E-state index in [1.54, 1.807) is 6.07 Å². The van der Waals surface area contributed by atoms with E-state index in [0.29, 0.717) is 23.6 Å². The molecule has 1 fully saturated rings. The quantitative estimate of drug-likeness (QED) is 0.778. The average Bonchev–Trinajstić information content (AvgIpc) is 3.12. The highest BCUT2D eigenvalue weighted by molar-refractivity contribution is 5.92. The molecule has 0 saturated carbocycles. The molecule has 7 nitrogen and oxygen atoms in total. The first kappa shape index (κ1) is 19.1. The Bertz CT molecular complexity index is 783. The van der Waals surface area contributed by atoms with E-state index < -0.39 is 5.97 Å². The molecule has 2 heterocycles. The zero-order valence-corrected chi connectivity index (χ0v) is 15.1. The summed E-state index contributed by atoms with van der Waals surface area (Å²) in [5, 5.41) is 2.76. The van der Waals surface area contributed by atoms with Gasteiger partial charge in [-0.1, -0.05) is 0 Å². The van der Waals surface area contributed by atoms with Crippen LogP contribution in [0.15, 0.2) is 41.0 Å². The molecule has 0 atom stereocenters. The Morgan fingerprint density at radius 2 is 1.78 bits per heavy atom. The number of nitrogens with one attached hydrogen (secondary N) is 1. The van der Waals surface area contributed by atoms with Gasteiger partial charge in [-0.2, -0.15) is 0 Å². The van der Waals surface area contributed by atoms with Crippen LogP contribution in [0.25, 0.3) is 0 Å². The van der Waals surface area contributed by atoms with Crippen LogP contribution in [0.1, 0.15) is 16.1 Å². The van der Waals surface area contributed by atoms with Crippen molar-refractivity contribution in [2.75, 3.05) is 45.2 Å². The maximum absolute atomic E-state index is 12.9. The monoisotopic (exact) mass is 375 g/mol. The molecule has 1 aromatic carbocycles. The van der Waals surface area contributed by atoms with Gasteiger partial charge in [-0.05, 0) is 30.3 Å². The molecule has 1 amide bonds. The molecule has 3 rings (SSSR count). The van der Waals surface area contributed by atoms with Crippen LogP contribution in [0.2, 0.25) is 0 Å². The number of furan rings is 1. The number of esters is 1. The molecular weight excluding hydrogens is 353 g/mol. The minimum Gasteiger partial charge on any atom is -0.467 e. The Balaban J connectivity index is 1.45. The van der Waals surface area contributed by atoms with Crippen molar-refractivity contribution >= 4 is 17.6 Å². The van der Waals surface area contributed by atoms with E-state index in [1.165, 1.54) is 37.6 Å². The van der Waals surface area contributed by atoms with Crippen molar-refractivity contribution in [3.05, 3.63) is 53.7 Å². The summed E-state index contributed by atoms with van der Waals surface area (Å²) in [6.45, 7) is 3.76. The van der Waals surface area contributed by atoms with Crippen molar-refractivity contribution in [2.24, 2.45) is 0 Å². The molecular formula is C19H22FN3O4. The van der Waals surface area contributed by atoms with E-state index in [-0.39, 0.29) is 18.3 Å². The van der Waals surface area contributed by atoms with E-state index in [2.05, 4.69) is 15.1 Å². The van der Waals surface area contributed by atoms with Gasteiger partial charge >= 0.3 is 5.97 Å². The summed E-state index contributed by atoms with van der Waals surface area (Å²) in [5.74, 6) is -0.288. The number of piperazine rings is 1. The molecule has 27 heavy (non-hydrogen) atoms. The first-order chi connectivity index (χ1) is 13.0. The van der Waals surface area contributed by atoms with Gasteiger partial charge in [0.05, 0.1) is 26.5 Å². The Morgan fingerprint density at radius 3 is 2.44 bits per heavy atom. The lowest BCUT2D eigenvalue weighted by Crippen LogP contribution is -2.48. The standard InChI is InChI=1S/C19H22FN3O4/c1-26-19(25)16-6-11-27-17(16)12-22-7-9-23(10-8-22)13-18(24)21-15-4-2-14(20)3-5-15/h2-6,11H,7-10,12-13H2,1H3,(H,21,24). The Hall–Kier alpha value is -2.71. The van der Waals surface area contributed by atoms with Gasteiger partial charge in [0.25, 0.3) is 0 Å². The molecule has 1 N–H and O–H groups in total. The van der Waals surface area contributed by atoms with Crippen LogP contribution in [0.5, 0.6) is 0 Å². The Kier molecular flexibility index (Phi) is 6.20. The molecule has 1 saturated heterocycles. The van der Waals surface area contributed by atoms with E-state index in [0.717, 1.165) is 26.2 Å². The number of halogens is 1. The third-order valence-electron chi connectivity index (χ3n) is 4.48. The predicted octanol–water partition coefficient (Wildman–Crippen LogP) is 1.96. The van der Waals surface area contributed by atoms with Crippen molar-refractivity contribution in [1.29, 1.82) is 0 Å². The molecule has 144 valence electrons. The molecule has 2 aromatic rings. The number of benzene rings is 1. The summed E-state index contributed by atoms with van der Waals surface area (Å²) in [6, 6.07) is 7.30. The van der Waals surface area contributed by atoms with Crippen molar-refractivity contribution in [3.63, 3.8) is 0 Å². The number of methoxy groups -OCH3 is 1. The fraction of sp³-hybridized carbons (Fsp3) is 0.368. The minimum atomic E-state index is -0.408. The first-order valence-corrected chi connectivity index (χ1v) is 8.70. The van der Waals surface area contributed by atoms with Crippen LogP contribution in [0.3, 0.4) is 0 Å². The van der Waals surface area contributed by atoms with Crippen molar-refractivity contribution in [3.8, 4) is 0 Å². The highest BCUT2D eigenvalue weighted by Gasteiger charge is 2.22. The number of hydrogen-bond acceptors (Lipinski definition) is 6. The normalized spacial score (nSPS) is 15.5. The molecule has 0 bridgehead atoms. The summed E-state index contributed by atoms with van der Waals surface area (Å²) in [6.07, 6.45) is 1.48. The zero-order valence-electron chi connectivity index (χ0n) is 15.1. The molecule has 0 spiro atoms. The predicted molar refractivity (Wildman–Crippen MR) is 96.8 cm³/mol. The third kappa shape index (κ3) is 5.15. The summed E-state index contributed by atoms with van der Waals surface area (Å²) >= 11 is 0. The lowest BCUT2D eigenvalue weighted by atomic mass is 10.2. The lowest BCUT2D eigenvalue weighted by Gasteiger charge is -2.33. The second-order valence-electron chi connectivity index (χ2n) is 6.36.